The van der Waals surface area contributed by atoms with E-state index >= 15 is 0 Å². The fourth-order valence-corrected chi connectivity index (χ4v) is 3.71. The first kappa shape index (κ1) is 14.5. The number of hydrogen-bond acceptors (Lipinski definition) is 4. The van der Waals surface area contributed by atoms with Crippen LogP contribution in [0.2, 0.25) is 0 Å². The summed E-state index contributed by atoms with van der Waals surface area (Å²) in [6, 6.07) is 9.60. The van der Waals surface area contributed by atoms with Crippen molar-refractivity contribution in [2.24, 2.45) is 11.8 Å². The number of benzene rings is 1. The molecule has 2 aliphatic rings. The van der Waals surface area contributed by atoms with Crippen LogP contribution in [0.15, 0.2) is 30.3 Å². The second-order valence-electron chi connectivity index (χ2n) is 6.34. The predicted octanol–water partition coefficient (Wildman–Crippen LogP) is 1.92. The zero-order valence-corrected chi connectivity index (χ0v) is 13.3. The summed E-state index contributed by atoms with van der Waals surface area (Å²) in [5.41, 5.74) is 1.29. The van der Waals surface area contributed by atoms with Crippen molar-refractivity contribution in [2.45, 2.75) is 6.92 Å². The number of fused-ring (bicyclic) bond motifs is 2. The van der Waals surface area contributed by atoms with Crippen LogP contribution in [-0.4, -0.2) is 48.6 Å². The quantitative estimate of drug-likeness (QED) is 0.941. The Kier molecular flexibility index (Phi) is 3.65. The van der Waals surface area contributed by atoms with Crippen molar-refractivity contribution in [3.63, 3.8) is 0 Å². The number of likely N-dealkylation sites (tertiary alicyclic amines) is 1. The zero-order valence-electron chi connectivity index (χ0n) is 13.3. The number of carbonyl (C=O) groups is 1. The Balaban J connectivity index is 1.66. The van der Waals surface area contributed by atoms with Gasteiger partial charge in [0.15, 0.2) is 0 Å². The van der Waals surface area contributed by atoms with Crippen molar-refractivity contribution >= 4 is 16.8 Å². The minimum Gasteiger partial charge on any atom is -0.493 e. The molecule has 4 rings (SSSR count). The lowest BCUT2D eigenvalue weighted by Crippen LogP contribution is -2.32. The van der Waals surface area contributed by atoms with Gasteiger partial charge >= 0.3 is 0 Å². The second kappa shape index (κ2) is 5.81. The summed E-state index contributed by atoms with van der Waals surface area (Å²) in [5.74, 6) is 1.94. The van der Waals surface area contributed by atoms with Gasteiger partial charge in [0.25, 0.3) is 5.91 Å². The van der Waals surface area contributed by atoms with E-state index in [1.54, 1.807) is 6.07 Å². The van der Waals surface area contributed by atoms with E-state index in [0.717, 1.165) is 42.8 Å². The monoisotopic (exact) mass is 311 g/mol. The Morgan fingerprint density at radius 3 is 2.78 bits per heavy atom. The Bertz CT molecular complexity index is 734. The molecule has 2 saturated heterocycles. The van der Waals surface area contributed by atoms with Crippen molar-refractivity contribution in [2.75, 3.05) is 32.8 Å². The molecule has 2 fully saturated rings. The first-order chi connectivity index (χ1) is 11.3. The van der Waals surface area contributed by atoms with Crippen LogP contribution >= 0.6 is 0 Å². The number of carbonyl (C=O) groups excluding carboxylic acids is 1. The van der Waals surface area contributed by atoms with E-state index in [9.17, 15) is 4.79 Å². The Morgan fingerprint density at radius 2 is 2.04 bits per heavy atom. The lowest BCUT2D eigenvalue weighted by molar-refractivity contribution is 0.0776. The highest BCUT2D eigenvalue weighted by Crippen LogP contribution is 2.29. The van der Waals surface area contributed by atoms with E-state index in [-0.39, 0.29) is 5.91 Å². The lowest BCUT2D eigenvalue weighted by atomic mass is 10.0. The molecule has 5 nitrogen and oxygen atoms in total. The molecule has 2 aliphatic heterocycles. The molecule has 1 aromatic carbocycles. The number of nitrogens with one attached hydrogen (secondary N) is 1. The summed E-state index contributed by atoms with van der Waals surface area (Å²) in [6.45, 7) is 6.21. The Morgan fingerprint density at radius 1 is 1.30 bits per heavy atom. The minimum atomic E-state index is 0.0195. The molecule has 1 N–H and O–H groups in total. The summed E-state index contributed by atoms with van der Waals surface area (Å²) >= 11 is 0. The number of para-hydroxylation sites is 1. The van der Waals surface area contributed by atoms with E-state index in [2.05, 4.69) is 10.3 Å². The average Bonchev–Trinajstić information content (AvgIpc) is 3.16. The fourth-order valence-electron chi connectivity index (χ4n) is 3.71. The molecule has 2 atom stereocenters. The molecule has 120 valence electrons. The van der Waals surface area contributed by atoms with Gasteiger partial charge in [-0.3, -0.25) is 4.79 Å². The summed E-state index contributed by atoms with van der Waals surface area (Å²) in [5, 5.41) is 4.35. The van der Waals surface area contributed by atoms with E-state index < -0.39 is 0 Å². The standard InChI is InChI=1S/C18H21N3O2/c1-2-23-17-7-16(20-15-6-4-3-5-14(15)17)18(22)21-10-12-8-19-9-13(12)11-21/h3-7,12-13,19H,2,8-11H2,1H3/t12-,13-/m0/s1. The van der Waals surface area contributed by atoms with Gasteiger partial charge in [-0.25, -0.2) is 4.98 Å². The van der Waals surface area contributed by atoms with Crippen LogP contribution in [0.1, 0.15) is 17.4 Å². The molecule has 23 heavy (non-hydrogen) atoms. The smallest absolute Gasteiger partial charge is 0.272 e. The van der Waals surface area contributed by atoms with Gasteiger partial charge in [-0.2, -0.15) is 0 Å². The third kappa shape index (κ3) is 2.55. The molecule has 0 aliphatic carbocycles. The number of aromatic nitrogens is 1. The minimum absolute atomic E-state index is 0.0195. The zero-order chi connectivity index (χ0) is 15.8. The molecule has 3 heterocycles. The number of ether oxygens (including phenoxy) is 1. The summed E-state index contributed by atoms with van der Waals surface area (Å²) in [4.78, 5) is 19.4. The van der Waals surface area contributed by atoms with E-state index in [4.69, 9.17) is 4.74 Å². The number of amides is 1. The Labute approximate surface area is 135 Å². The maximum atomic E-state index is 12.9. The molecular formula is C18H21N3O2. The van der Waals surface area contributed by atoms with Crippen LogP contribution < -0.4 is 10.1 Å². The second-order valence-corrected chi connectivity index (χ2v) is 6.34. The molecule has 0 bridgehead atoms. The average molecular weight is 311 g/mol. The van der Waals surface area contributed by atoms with Crippen LogP contribution in [-0.2, 0) is 0 Å². The molecule has 0 spiro atoms. The summed E-state index contributed by atoms with van der Waals surface area (Å²) in [6.07, 6.45) is 0. The van der Waals surface area contributed by atoms with Gasteiger partial charge < -0.3 is 15.0 Å². The maximum absolute atomic E-state index is 12.9. The number of rotatable bonds is 3. The fraction of sp³-hybridized carbons (Fsp3) is 0.444. The first-order valence-electron chi connectivity index (χ1n) is 8.29. The SMILES string of the molecule is CCOc1cc(C(=O)N2C[C@@H]3CNC[C@H]3C2)nc2ccccc12. The molecular weight excluding hydrogens is 290 g/mol. The highest BCUT2D eigenvalue weighted by Gasteiger charge is 2.38. The molecule has 5 heteroatoms. The van der Waals surface area contributed by atoms with Gasteiger partial charge in [0.2, 0.25) is 0 Å². The third-order valence-electron chi connectivity index (χ3n) is 4.87. The predicted molar refractivity (Wildman–Crippen MR) is 88.7 cm³/mol. The van der Waals surface area contributed by atoms with Crippen molar-refractivity contribution in [3.8, 4) is 5.75 Å². The summed E-state index contributed by atoms with van der Waals surface area (Å²) < 4.78 is 5.73. The third-order valence-corrected chi connectivity index (χ3v) is 4.87. The lowest BCUT2D eigenvalue weighted by Gasteiger charge is -2.18. The first-order valence-corrected chi connectivity index (χ1v) is 8.29. The van der Waals surface area contributed by atoms with E-state index in [1.165, 1.54) is 0 Å². The van der Waals surface area contributed by atoms with Crippen LogP contribution in [0.25, 0.3) is 10.9 Å². The van der Waals surface area contributed by atoms with Crippen molar-refractivity contribution in [1.29, 1.82) is 0 Å². The molecule has 0 unspecified atom stereocenters. The van der Waals surface area contributed by atoms with Gasteiger partial charge in [-0.1, -0.05) is 12.1 Å². The van der Waals surface area contributed by atoms with Crippen LogP contribution in [0.4, 0.5) is 0 Å². The van der Waals surface area contributed by atoms with E-state index in [1.807, 2.05) is 36.1 Å². The number of hydrogen-bond donors (Lipinski definition) is 1. The van der Waals surface area contributed by atoms with Crippen molar-refractivity contribution < 1.29 is 9.53 Å². The molecule has 0 radical (unpaired) electrons. The van der Waals surface area contributed by atoms with Gasteiger partial charge in [0.1, 0.15) is 11.4 Å². The van der Waals surface area contributed by atoms with Crippen molar-refractivity contribution in [3.05, 3.63) is 36.0 Å². The summed E-state index contributed by atoms with van der Waals surface area (Å²) in [7, 11) is 0. The normalized spacial score (nSPS) is 23.3. The van der Waals surface area contributed by atoms with Gasteiger partial charge in [0.05, 0.1) is 12.1 Å². The number of nitrogens with zero attached hydrogens (tertiary/aromatic N) is 2. The highest BCUT2D eigenvalue weighted by atomic mass is 16.5. The van der Waals surface area contributed by atoms with Crippen LogP contribution in [0.3, 0.4) is 0 Å². The van der Waals surface area contributed by atoms with Crippen LogP contribution in [0.5, 0.6) is 5.75 Å². The van der Waals surface area contributed by atoms with Crippen molar-refractivity contribution in [1.82, 2.24) is 15.2 Å². The topological polar surface area (TPSA) is 54.5 Å². The van der Waals surface area contributed by atoms with E-state index in [0.29, 0.717) is 24.1 Å². The molecule has 0 saturated carbocycles. The van der Waals surface area contributed by atoms with Gasteiger partial charge in [-0.05, 0) is 30.9 Å². The van der Waals surface area contributed by atoms with Gasteiger partial charge in [-0.15, -0.1) is 0 Å². The highest BCUT2D eigenvalue weighted by molar-refractivity contribution is 5.97. The number of pyridine rings is 1. The molecule has 2 aromatic rings. The van der Waals surface area contributed by atoms with Crippen LogP contribution in [0, 0.1) is 11.8 Å². The molecule has 1 aromatic heterocycles. The Hall–Kier alpha value is -2.14. The largest absolute Gasteiger partial charge is 0.493 e. The maximum Gasteiger partial charge on any atom is 0.272 e. The van der Waals surface area contributed by atoms with Gasteiger partial charge in [0, 0.05) is 37.6 Å². The molecule has 1 amide bonds.